The molecule has 0 fully saturated rings. The summed E-state index contributed by atoms with van der Waals surface area (Å²) in [7, 11) is 1.48. The lowest BCUT2D eigenvalue weighted by molar-refractivity contribution is 0.149. The molecule has 1 aromatic rings. The lowest BCUT2D eigenvalue weighted by atomic mass is 10.2. The van der Waals surface area contributed by atoms with Crippen molar-refractivity contribution >= 4 is 6.03 Å². The third-order valence-electron chi connectivity index (χ3n) is 2.43. The maximum atomic E-state index is 11.4. The summed E-state index contributed by atoms with van der Waals surface area (Å²) in [4.78, 5) is 11.4. The topological polar surface area (TPSA) is 79.8 Å². The number of urea groups is 1. The van der Waals surface area contributed by atoms with Crippen LogP contribution in [-0.2, 0) is 11.3 Å². The minimum atomic E-state index is -0.269. The number of amides is 2. The van der Waals surface area contributed by atoms with Crippen molar-refractivity contribution in [2.75, 3.05) is 26.9 Å². The van der Waals surface area contributed by atoms with Crippen molar-refractivity contribution in [2.45, 2.75) is 13.5 Å². The van der Waals surface area contributed by atoms with Crippen molar-refractivity contribution in [3.63, 3.8) is 0 Å². The van der Waals surface area contributed by atoms with Crippen LogP contribution in [0.4, 0.5) is 4.79 Å². The van der Waals surface area contributed by atoms with Gasteiger partial charge in [0.15, 0.2) is 11.5 Å². The largest absolute Gasteiger partial charge is 0.504 e. The number of carbonyl (C=O) groups excluding carboxylic acids is 1. The molecule has 0 aliphatic carbocycles. The number of carbonyl (C=O) groups is 1. The molecule has 0 aliphatic rings. The first kappa shape index (κ1) is 15.1. The number of phenolic OH excluding ortho intramolecular Hbond substituents is 1. The first-order valence-electron chi connectivity index (χ1n) is 6.12. The summed E-state index contributed by atoms with van der Waals surface area (Å²) < 4.78 is 10.0. The number of benzene rings is 1. The molecule has 0 saturated heterocycles. The van der Waals surface area contributed by atoms with Crippen LogP contribution < -0.4 is 15.4 Å². The quantitative estimate of drug-likeness (QED) is 0.650. The highest BCUT2D eigenvalue weighted by molar-refractivity contribution is 5.73. The van der Waals surface area contributed by atoms with Gasteiger partial charge in [-0.1, -0.05) is 6.07 Å². The number of methoxy groups -OCH3 is 1. The fraction of sp³-hybridized carbons (Fsp3) is 0.462. The predicted octanol–water partition coefficient (Wildman–Crippen LogP) is 1.24. The highest BCUT2D eigenvalue weighted by Crippen LogP contribution is 2.25. The van der Waals surface area contributed by atoms with E-state index in [1.807, 2.05) is 6.92 Å². The molecule has 0 aliphatic heterocycles. The normalized spacial score (nSPS) is 10.0. The second-order valence-corrected chi connectivity index (χ2v) is 3.81. The van der Waals surface area contributed by atoms with Crippen LogP contribution in [0, 0.1) is 0 Å². The number of rotatable bonds is 7. The SMILES string of the molecule is CCOCCNC(=O)NCc1ccc(OC)c(O)c1. The number of phenols is 1. The second kappa shape index (κ2) is 8.20. The maximum absolute atomic E-state index is 11.4. The summed E-state index contributed by atoms with van der Waals surface area (Å²) in [6.45, 7) is 3.82. The van der Waals surface area contributed by atoms with Gasteiger partial charge in [-0.2, -0.15) is 0 Å². The Morgan fingerprint density at radius 1 is 1.37 bits per heavy atom. The van der Waals surface area contributed by atoms with Crippen molar-refractivity contribution < 1.29 is 19.4 Å². The first-order chi connectivity index (χ1) is 9.17. The fourth-order valence-corrected chi connectivity index (χ4v) is 1.47. The second-order valence-electron chi connectivity index (χ2n) is 3.81. The molecule has 0 saturated carbocycles. The molecule has 0 spiro atoms. The minimum Gasteiger partial charge on any atom is -0.504 e. The Kier molecular flexibility index (Phi) is 6.52. The van der Waals surface area contributed by atoms with Crippen molar-refractivity contribution in [3.05, 3.63) is 23.8 Å². The molecule has 0 radical (unpaired) electrons. The predicted molar refractivity (Wildman–Crippen MR) is 71.4 cm³/mol. The Labute approximate surface area is 112 Å². The number of nitrogens with one attached hydrogen (secondary N) is 2. The Hall–Kier alpha value is -1.95. The van der Waals surface area contributed by atoms with Crippen molar-refractivity contribution in [2.24, 2.45) is 0 Å². The van der Waals surface area contributed by atoms with E-state index >= 15 is 0 Å². The van der Waals surface area contributed by atoms with Gasteiger partial charge in [-0.25, -0.2) is 4.79 Å². The molecular formula is C13H20N2O4. The number of ether oxygens (including phenoxy) is 2. The zero-order valence-electron chi connectivity index (χ0n) is 11.2. The van der Waals surface area contributed by atoms with Crippen LogP contribution in [0.2, 0.25) is 0 Å². The highest BCUT2D eigenvalue weighted by Gasteiger charge is 2.04. The van der Waals surface area contributed by atoms with Crippen LogP contribution in [0.5, 0.6) is 11.5 Å². The average molecular weight is 268 g/mol. The van der Waals surface area contributed by atoms with E-state index in [4.69, 9.17) is 9.47 Å². The van der Waals surface area contributed by atoms with Gasteiger partial charge in [0.2, 0.25) is 0 Å². The molecule has 1 aromatic carbocycles. The summed E-state index contributed by atoms with van der Waals surface area (Å²) in [5.41, 5.74) is 0.790. The van der Waals surface area contributed by atoms with Crippen LogP contribution in [-0.4, -0.2) is 38.0 Å². The zero-order chi connectivity index (χ0) is 14.1. The van der Waals surface area contributed by atoms with E-state index in [2.05, 4.69) is 10.6 Å². The molecule has 19 heavy (non-hydrogen) atoms. The van der Waals surface area contributed by atoms with E-state index in [1.165, 1.54) is 7.11 Å². The third-order valence-corrected chi connectivity index (χ3v) is 2.43. The van der Waals surface area contributed by atoms with Crippen LogP contribution in [0.1, 0.15) is 12.5 Å². The van der Waals surface area contributed by atoms with E-state index < -0.39 is 0 Å². The van der Waals surface area contributed by atoms with Gasteiger partial charge >= 0.3 is 6.03 Å². The van der Waals surface area contributed by atoms with Crippen molar-refractivity contribution in [1.82, 2.24) is 10.6 Å². The monoisotopic (exact) mass is 268 g/mol. The molecular weight excluding hydrogens is 248 g/mol. The van der Waals surface area contributed by atoms with Gasteiger partial charge in [0, 0.05) is 19.7 Å². The number of hydrogen-bond donors (Lipinski definition) is 3. The molecule has 0 unspecified atom stereocenters. The van der Waals surface area contributed by atoms with E-state index in [0.717, 1.165) is 5.56 Å². The van der Waals surface area contributed by atoms with Crippen LogP contribution in [0.3, 0.4) is 0 Å². The highest BCUT2D eigenvalue weighted by atomic mass is 16.5. The van der Waals surface area contributed by atoms with E-state index in [-0.39, 0.29) is 11.8 Å². The standard InChI is InChI=1S/C13H20N2O4/c1-3-19-7-6-14-13(17)15-9-10-4-5-12(18-2)11(16)8-10/h4-5,8,16H,3,6-7,9H2,1-2H3,(H2,14,15,17). The Bertz CT molecular complexity index is 410. The summed E-state index contributed by atoms with van der Waals surface area (Å²) in [5, 5.41) is 14.9. The third kappa shape index (κ3) is 5.48. The fourth-order valence-electron chi connectivity index (χ4n) is 1.47. The average Bonchev–Trinajstić information content (AvgIpc) is 2.41. The van der Waals surface area contributed by atoms with Gasteiger partial charge in [-0.05, 0) is 24.6 Å². The molecule has 3 N–H and O–H groups in total. The smallest absolute Gasteiger partial charge is 0.315 e. The van der Waals surface area contributed by atoms with E-state index in [0.29, 0.717) is 32.1 Å². The summed E-state index contributed by atoms with van der Waals surface area (Å²) in [6.07, 6.45) is 0. The van der Waals surface area contributed by atoms with Crippen molar-refractivity contribution in [3.8, 4) is 11.5 Å². The van der Waals surface area contributed by atoms with Gasteiger partial charge in [0.05, 0.1) is 13.7 Å². The van der Waals surface area contributed by atoms with Gasteiger partial charge in [-0.15, -0.1) is 0 Å². The lowest BCUT2D eigenvalue weighted by Crippen LogP contribution is -2.36. The Morgan fingerprint density at radius 3 is 2.79 bits per heavy atom. The molecule has 0 atom stereocenters. The van der Waals surface area contributed by atoms with Crippen LogP contribution >= 0.6 is 0 Å². The molecule has 0 aromatic heterocycles. The first-order valence-corrected chi connectivity index (χ1v) is 6.12. The summed E-state index contributed by atoms with van der Waals surface area (Å²) >= 11 is 0. The maximum Gasteiger partial charge on any atom is 0.315 e. The molecule has 0 heterocycles. The molecule has 6 nitrogen and oxygen atoms in total. The van der Waals surface area contributed by atoms with Crippen LogP contribution in [0.15, 0.2) is 18.2 Å². The van der Waals surface area contributed by atoms with Gasteiger partial charge in [0.25, 0.3) is 0 Å². The molecule has 0 bridgehead atoms. The lowest BCUT2D eigenvalue weighted by Gasteiger charge is -2.09. The van der Waals surface area contributed by atoms with Gasteiger partial charge < -0.3 is 25.2 Å². The minimum absolute atomic E-state index is 0.0542. The molecule has 6 heteroatoms. The van der Waals surface area contributed by atoms with Crippen LogP contribution in [0.25, 0.3) is 0 Å². The zero-order valence-corrected chi connectivity index (χ0v) is 11.2. The summed E-state index contributed by atoms with van der Waals surface area (Å²) in [6, 6.07) is 4.72. The molecule has 106 valence electrons. The Balaban J connectivity index is 2.32. The van der Waals surface area contributed by atoms with Gasteiger partial charge in [0.1, 0.15) is 0 Å². The number of hydrogen-bond acceptors (Lipinski definition) is 4. The number of aromatic hydroxyl groups is 1. The van der Waals surface area contributed by atoms with Gasteiger partial charge in [-0.3, -0.25) is 0 Å². The molecule has 1 rings (SSSR count). The van der Waals surface area contributed by atoms with Crippen molar-refractivity contribution in [1.29, 1.82) is 0 Å². The molecule has 2 amide bonds. The van der Waals surface area contributed by atoms with E-state index in [9.17, 15) is 9.90 Å². The van der Waals surface area contributed by atoms with E-state index in [1.54, 1.807) is 18.2 Å². The summed E-state index contributed by atoms with van der Waals surface area (Å²) in [5.74, 6) is 0.462. The Morgan fingerprint density at radius 2 is 2.16 bits per heavy atom.